The summed E-state index contributed by atoms with van der Waals surface area (Å²) in [6.45, 7) is 15.7. The Kier molecular flexibility index (Phi) is 18.0. The zero-order chi connectivity index (χ0) is 38.9. The number of hydrogen-bond donors (Lipinski definition) is 2. The molecule has 0 bridgehead atoms. The van der Waals surface area contributed by atoms with Crippen molar-refractivity contribution in [1.82, 2.24) is 10.6 Å². The summed E-state index contributed by atoms with van der Waals surface area (Å²) >= 11 is 6.37. The first-order valence-corrected chi connectivity index (χ1v) is 18.6. The van der Waals surface area contributed by atoms with E-state index in [0.29, 0.717) is 42.4 Å². The van der Waals surface area contributed by atoms with Crippen LogP contribution in [0.2, 0.25) is 5.02 Å². The zero-order valence-electron chi connectivity index (χ0n) is 31.5. The summed E-state index contributed by atoms with van der Waals surface area (Å²) in [6, 6.07) is 4.11. The zero-order valence-corrected chi connectivity index (χ0v) is 32.3. The Morgan fingerprint density at radius 1 is 1.11 bits per heavy atom. The molecule has 1 aromatic carbocycles. The highest BCUT2D eigenvalue weighted by Crippen LogP contribution is 2.38. The largest absolute Gasteiger partial charge is 0.495 e. The summed E-state index contributed by atoms with van der Waals surface area (Å²) in [5.74, 6) is -2.99. The smallest absolute Gasteiger partial charge is 0.347 e. The van der Waals surface area contributed by atoms with Gasteiger partial charge < -0.3 is 34.3 Å². The van der Waals surface area contributed by atoms with Crippen molar-refractivity contribution in [1.29, 1.82) is 0 Å². The SMILES string of the molecule is C=C/C=C\C(=C/C)[C@@H]1O[C@@H]1[C@@H](C)[C@@H]1C/C=C/C(=O)N[C@H](Cc2ccc(OC)c(Cl)c2)C(=O)NC[C@@H](CCCOCC=C)C(=O)O[C@@H](CC(C)C)C(=O)O1. The predicted molar refractivity (Wildman–Crippen MR) is 204 cm³/mol. The quantitative estimate of drug-likeness (QED) is 0.0682. The number of amides is 2. The van der Waals surface area contributed by atoms with E-state index in [0.717, 1.165) is 5.57 Å². The highest BCUT2D eigenvalue weighted by atomic mass is 35.5. The van der Waals surface area contributed by atoms with Gasteiger partial charge in [0.05, 0.1) is 30.8 Å². The average Bonchev–Trinajstić information content (AvgIpc) is 3.92. The second kappa shape index (κ2) is 22.1. The number of esters is 2. The third-order valence-corrected chi connectivity index (χ3v) is 9.35. The Morgan fingerprint density at radius 3 is 2.55 bits per heavy atom. The van der Waals surface area contributed by atoms with E-state index in [2.05, 4.69) is 23.8 Å². The Balaban J connectivity index is 1.96. The van der Waals surface area contributed by atoms with Crippen LogP contribution in [0.15, 0.2) is 79.5 Å². The summed E-state index contributed by atoms with van der Waals surface area (Å²) < 4.78 is 28.8. The fourth-order valence-electron chi connectivity index (χ4n) is 6.05. The highest BCUT2D eigenvalue weighted by Gasteiger charge is 2.48. The van der Waals surface area contributed by atoms with Crippen molar-refractivity contribution in [2.75, 3.05) is 26.9 Å². The first-order chi connectivity index (χ1) is 25.4. The van der Waals surface area contributed by atoms with Crippen LogP contribution in [0, 0.1) is 17.8 Å². The minimum absolute atomic E-state index is 0.00636. The van der Waals surface area contributed by atoms with E-state index in [-0.39, 0.29) is 49.9 Å². The Morgan fingerprint density at radius 2 is 1.89 bits per heavy atom. The molecule has 11 nitrogen and oxygen atoms in total. The van der Waals surface area contributed by atoms with E-state index in [1.54, 1.807) is 36.4 Å². The first kappa shape index (κ1) is 43.2. The maximum absolute atomic E-state index is 13.8. The van der Waals surface area contributed by atoms with Gasteiger partial charge in [0.2, 0.25) is 11.8 Å². The molecule has 12 heteroatoms. The minimum atomic E-state index is -1.18. The Bertz CT molecular complexity index is 1520. The molecule has 0 unspecified atom stereocenters. The molecule has 0 aliphatic carbocycles. The van der Waals surface area contributed by atoms with Gasteiger partial charge in [0, 0.05) is 31.9 Å². The highest BCUT2D eigenvalue weighted by molar-refractivity contribution is 6.32. The fraction of sp³-hybridized carbons (Fsp3) is 0.512. The van der Waals surface area contributed by atoms with E-state index >= 15 is 0 Å². The molecule has 1 fully saturated rings. The molecule has 2 aliphatic rings. The van der Waals surface area contributed by atoms with Crippen molar-refractivity contribution in [2.45, 2.75) is 90.3 Å². The molecule has 1 aromatic rings. The number of epoxide rings is 1. The van der Waals surface area contributed by atoms with Gasteiger partial charge in [-0.1, -0.05) is 81.5 Å². The molecule has 2 N–H and O–H groups in total. The molecular formula is C41H55ClN2O9. The number of cyclic esters (lactones) is 2. The van der Waals surface area contributed by atoms with Gasteiger partial charge in [0.25, 0.3) is 0 Å². The van der Waals surface area contributed by atoms with E-state index in [4.69, 9.17) is 35.3 Å². The van der Waals surface area contributed by atoms with Crippen LogP contribution in [0.1, 0.15) is 58.9 Å². The number of halogens is 1. The second-order valence-electron chi connectivity index (χ2n) is 13.6. The van der Waals surface area contributed by atoms with Crippen LogP contribution < -0.4 is 15.4 Å². The fourth-order valence-corrected chi connectivity index (χ4v) is 6.33. The van der Waals surface area contributed by atoms with Crippen molar-refractivity contribution < 1.29 is 42.9 Å². The number of benzene rings is 1. The summed E-state index contributed by atoms with van der Waals surface area (Å²) in [6.07, 6.45) is 10.9. The van der Waals surface area contributed by atoms with Gasteiger partial charge in [-0.2, -0.15) is 0 Å². The van der Waals surface area contributed by atoms with E-state index in [1.165, 1.54) is 13.2 Å². The molecule has 0 radical (unpaired) electrons. The van der Waals surface area contributed by atoms with Crippen LogP contribution in [0.5, 0.6) is 5.75 Å². The van der Waals surface area contributed by atoms with Gasteiger partial charge in [-0.15, -0.1) is 6.58 Å². The van der Waals surface area contributed by atoms with Crippen LogP contribution in [-0.4, -0.2) is 81.1 Å². The molecule has 3 rings (SSSR count). The van der Waals surface area contributed by atoms with E-state index in [9.17, 15) is 19.2 Å². The van der Waals surface area contributed by atoms with Gasteiger partial charge in [0.15, 0.2) is 6.10 Å². The van der Waals surface area contributed by atoms with Crippen molar-refractivity contribution in [3.8, 4) is 5.75 Å². The van der Waals surface area contributed by atoms with Gasteiger partial charge in [-0.3, -0.25) is 14.4 Å². The maximum atomic E-state index is 13.8. The molecule has 0 spiro atoms. The van der Waals surface area contributed by atoms with Crippen LogP contribution in [0.4, 0.5) is 0 Å². The number of nitrogens with one attached hydrogen (secondary N) is 2. The monoisotopic (exact) mass is 754 g/mol. The molecule has 7 atom stereocenters. The van der Waals surface area contributed by atoms with Gasteiger partial charge in [-0.05, 0) is 61.4 Å². The number of carbonyl (C=O) groups excluding carboxylic acids is 4. The van der Waals surface area contributed by atoms with Gasteiger partial charge in [-0.25, -0.2) is 4.79 Å². The number of carbonyl (C=O) groups is 4. The number of rotatable bonds is 16. The molecule has 290 valence electrons. The Hall–Kier alpha value is -4.19. The van der Waals surface area contributed by atoms with Crippen LogP contribution in [-0.2, 0) is 44.5 Å². The number of ether oxygens (including phenoxy) is 5. The molecule has 1 saturated heterocycles. The van der Waals surface area contributed by atoms with Crippen LogP contribution >= 0.6 is 11.6 Å². The third-order valence-electron chi connectivity index (χ3n) is 9.05. The molecule has 0 saturated carbocycles. The van der Waals surface area contributed by atoms with Crippen LogP contribution in [0.25, 0.3) is 0 Å². The average molecular weight is 755 g/mol. The van der Waals surface area contributed by atoms with Crippen LogP contribution in [0.3, 0.4) is 0 Å². The molecule has 2 amide bonds. The van der Waals surface area contributed by atoms with Gasteiger partial charge >= 0.3 is 11.9 Å². The maximum Gasteiger partial charge on any atom is 0.347 e. The summed E-state index contributed by atoms with van der Waals surface area (Å²) in [7, 11) is 1.50. The lowest BCUT2D eigenvalue weighted by molar-refractivity contribution is -0.176. The van der Waals surface area contributed by atoms with Crippen molar-refractivity contribution in [2.24, 2.45) is 17.8 Å². The number of hydrogen-bond acceptors (Lipinski definition) is 9. The third kappa shape index (κ3) is 13.9. The lowest BCUT2D eigenvalue weighted by Crippen LogP contribution is -2.49. The first-order valence-electron chi connectivity index (χ1n) is 18.2. The Labute approximate surface area is 318 Å². The molecule has 2 aliphatic heterocycles. The van der Waals surface area contributed by atoms with Crippen molar-refractivity contribution in [3.05, 3.63) is 90.0 Å². The topological polar surface area (TPSA) is 142 Å². The summed E-state index contributed by atoms with van der Waals surface area (Å²) in [4.78, 5) is 54.6. The normalized spacial score (nSPS) is 25.9. The molecular weight excluding hydrogens is 700 g/mol. The predicted octanol–water partition coefficient (Wildman–Crippen LogP) is 6.01. The van der Waals surface area contributed by atoms with E-state index in [1.807, 2.05) is 45.9 Å². The molecule has 2 heterocycles. The molecule has 0 aromatic heterocycles. The van der Waals surface area contributed by atoms with E-state index < -0.39 is 47.9 Å². The van der Waals surface area contributed by atoms with Gasteiger partial charge in [0.1, 0.15) is 24.0 Å². The standard InChI is InChI=1S/C41H55ClN2O9/c1-8-11-14-29(10-3)38-37(53-38)27(6)33-16-12-17-36(45)44-32(24-28-18-19-34(49-7)31(42)23-28)39(46)43-25-30(15-13-21-50-20-9-2)40(47)52-35(22-26(4)5)41(48)51-33/h8-12,14,17-19,23,26-27,30,32-33,35,37-38H,1-2,13,15-16,20-22,24-25H2,3-7H3,(H,43,46)(H,44,45)/b14-11-,17-12+,29-10+/t27-,30+,32+,33-,35-,37+,38-/m0/s1. The molecule has 53 heavy (non-hydrogen) atoms. The summed E-state index contributed by atoms with van der Waals surface area (Å²) in [5.41, 5.74) is 1.65. The summed E-state index contributed by atoms with van der Waals surface area (Å²) in [5, 5.41) is 5.97. The minimum Gasteiger partial charge on any atom is -0.495 e. The second-order valence-corrected chi connectivity index (χ2v) is 14.0. The number of allylic oxidation sites excluding steroid dienone is 3. The van der Waals surface area contributed by atoms with Crippen molar-refractivity contribution in [3.63, 3.8) is 0 Å². The number of methoxy groups -OCH3 is 1. The lowest BCUT2D eigenvalue weighted by Gasteiger charge is -2.27. The lowest BCUT2D eigenvalue weighted by atomic mass is 9.93. The van der Waals surface area contributed by atoms with Crippen molar-refractivity contribution >= 4 is 35.4 Å².